The summed E-state index contributed by atoms with van der Waals surface area (Å²) in [5.74, 6) is 0.615. The number of aromatic nitrogens is 2. The van der Waals surface area contributed by atoms with Crippen molar-refractivity contribution in [1.29, 1.82) is 0 Å². The van der Waals surface area contributed by atoms with Gasteiger partial charge in [-0.15, -0.1) is 0 Å². The minimum absolute atomic E-state index is 0.193. The van der Waals surface area contributed by atoms with E-state index in [0.717, 1.165) is 27.5 Å². The van der Waals surface area contributed by atoms with Crippen molar-refractivity contribution in [1.82, 2.24) is 4.98 Å². The molecular formula is C15H14FN2S+. The Morgan fingerprint density at radius 3 is 2.74 bits per heavy atom. The second-order valence-corrected chi connectivity index (χ2v) is 5.53. The zero-order chi connectivity index (χ0) is 13.2. The Morgan fingerprint density at radius 1 is 1.16 bits per heavy atom. The molecule has 0 aliphatic heterocycles. The normalized spacial score (nSPS) is 11.1. The highest BCUT2D eigenvalue weighted by Crippen LogP contribution is 2.20. The largest absolute Gasteiger partial charge is 0.314 e. The highest BCUT2D eigenvalue weighted by atomic mass is 32.2. The first kappa shape index (κ1) is 12.2. The van der Waals surface area contributed by atoms with Crippen LogP contribution in [0.3, 0.4) is 0 Å². The number of hydrogen-bond donors (Lipinski definition) is 1. The average Bonchev–Trinajstić information content (AvgIpc) is 2.80. The van der Waals surface area contributed by atoms with Gasteiger partial charge in [0.05, 0.1) is 0 Å². The van der Waals surface area contributed by atoms with Gasteiger partial charge in [-0.2, -0.15) is 0 Å². The number of aromatic amines is 2. The number of aryl methyl sites for hydroxylation is 1. The molecule has 3 aromatic rings. The molecule has 2 nitrogen and oxygen atoms in total. The van der Waals surface area contributed by atoms with Crippen LogP contribution in [-0.4, -0.2) is 4.98 Å². The Bertz CT molecular complexity index is 704. The van der Waals surface area contributed by atoms with Crippen LogP contribution in [-0.2, 0) is 5.75 Å². The van der Waals surface area contributed by atoms with Crippen LogP contribution in [0.2, 0.25) is 0 Å². The number of thioether (sulfide) groups is 1. The molecule has 0 amide bonds. The fourth-order valence-corrected chi connectivity index (χ4v) is 2.82. The molecule has 0 aliphatic carbocycles. The van der Waals surface area contributed by atoms with Crippen LogP contribution in [0.5, 0.6) is 0 Å². The van der Waals surface area contributed by atoms with Crippen molar-refractivity contribution in [3.05, 3.63) is 59.4 Å². The summed E-state index contributed by atoms with van der Waals surface area (Å²) in [5, 5.41) is 1.02. The summed E-state index contributed by atoms with van der Waals surface area (Å²) in [7, 11) is 0. The van der Waals surface area contributed by atoms with E-state index in [9.17, 15) is 4.39 Å². The van der Waals surface area contributed by atoms with E-state index in [1.807, 2.05) is 12.1 Å². The van der Waals surface area contributed by atoms with E-state index in [-0.39, 0.29) is 5.82 Å². The lowest BCUT2D eigenvalue weighted by Crippen LogP contribution is -2.01. The molecule has 3 rings (SSSR count). The minimum atomic E-state index is -0.193. The fraction of sp³-hybridized carbons (Fsp3) is 0.133. The van der Waals surface area contributed by atoms with Crippen LogP contribution in [0, 0.1) is 12.7 Å². The number of fused-ring (bicyclic) bond motifs is 1. The second kappa shape index (κ2) is 5.05. The lowest BCUT2D eigenvalue weighted by Gasteiger charge is -1.96. The Morgan fingerprint density at radius 2 is 1.95 bits per heavy atom. The predicted octanol–water partition coefficient (Wildman–Crippen LogP) is 3.72. The summed E-state index contributed by atoms with van der Waals surface area (Å²) >= 11 is 1.68. The van der Waals surface area contributed by atoms with Gasteiger partial charge in [0.2, 0.25) is 0 Å². The van der Waals surface area contributed by atoms with E-state index in [0.29, 0.717) is 0 Å². The van der Waals surface area contributed by atoms with Gasteiger partial charge in [-0.25, -0.2) is 14.4 Å². The Kier molecular flexibility index (Phi) is 3.25. The molecule has 0 spiro atoms. The molecule has 0 aliphatic rings. The minimum Gasteiger partial charge on any atom is -0.231 e. The van der Waals surface area contributed by atoms with E-state index in [1.165, 1.54) is 17.7 Å². The number of rotatable bonds is 3. The van der Waals surface area contributed by atoms with Gasteiger partial charge in [0.25, 0.3) is 0 Å². The molecule has 2 aromatic carbocycles. The third-order valence-electron chi connectivity index (χ3n) is 2.97. The van der Waals surface area contributed by atoms with Crippen LogP contribution >= 0.6 is 11.8 Å². The van der Waals surface area contributed by atoms with Crippen LogP contribution < -0.4 is 4.98 Å². The van der Waals surface area contributed by atoms with Gasteiger partial charge in [0.15, 0.2) is 11.0 Å². The van der Waals surface area contributed by atoms with Gasteiger partial charge >= 0.3 is 5.16 Å². The zero-order valence-corrected chi connectivity index (χ0v) is 11.4. The topological polar surface area (TPSA) is 29.9 Å². The summed E-state index contributed by atoms with van der Waals surface area (Å²) in [4.78, 5) is 6.69. The van der Waals surface area contributed by atoms with Crippen molar-refractivity contribution in [2.45, 2.75) is 17.8 Å². The Hall–Kier alpha value is -1.81. The molecule has 96 valence electrons. The molecule has 0 fully saturated rings. The smallest absolute Gasteiger partial charge is 0.231 e. The van der Waals surface area contributed by atoms with Crippen molar-refractivity contribution in [2.75, 3.05) is 0 Å². The lowest BCUT2D eigenvalue weighted by atomic mass is 10.2. The monoisotopic (exact) mass is 273 g/mol. The van der Waals surface area contributed by atoms with E-state index >= 15 is 0 Å². The summed E-state index contributed by atoms with van der Waals surface area (Å²) in [6.07, 6.45) is 0. The van der Waals surface area contributed by atoms with E-state index in [1.54, 1.807) is 11.8 Å². The molecule has 0 unspecified atom stereocenters. The molecule has 0 saturated heterocycles. The fourth-order valence-electron chi connectivity index (χ4n) is 1.95. The quantitative estimate of drug-likeness (QED) is 0.724. The molecule has 0 bridgehead atoms. The maximum Gasteiger partial charge on any atom is 0.314 e. The average molecular weight is 273 g/mol. The zero-order valence-electron chi connectivity index (χ0n) is 10.5. The summed E-state index contributed by atoms with van der Waals surface area (Å²) in [5.41, 5.74) is 4.56. The van der Waals surface area contributed by atoms with Gasteiger partial charge < -0.3 is 0 Å². The number of nitrogens with one attached hydrogen (secondary N) is 2. The van der Waals surface area contributed by atoms with Crippen molar-refractivity contribution < 1.29 is 9.37 Å². The third-order valence-corrected chi connectivity index (χ3v) is 3.94. The molecule has 1 heterocycles. The molecule has 0 radical (unpaired) electrons. The van der Waals surface area contributed by atoms with Crippen LogP contribution in [0.4, 0.5) is 4.39 Å². The molecule has 0 atom stereocenters. The molecule has 19 heavy (non-hydrogen) atoms. The molecular weight excluding hydrogens is 259 g/mol. The molecule has 1 aromatic heterocycles. The van der Waals surface area contributed by atoms with Crippen LogP contribution in [0.1, 0.15) is 11.1 Å². The van der Waals surface area contributed by atoms with Crippen molar-refractivity contribution in [2.24, 2.45) is 0 Å². The van der Waals surface area contributed by atoms with E-state index in [2.05, 4.69) is 35.1 Å². The number of benzene rings is 2. The highest BCUT2D eigenvalue weighted by molar-refractivity contribution is 7.98. The van der Waals surface area contributed by atoms with E-state index in [4.69, 9.17) is 0 Å². The van der Waals surface area contributed by atoms with Gasteiger partial charge in [-0.1, -0.05) is 18.2 Å². The number of halogens is 1. The van der Waals surface area contributed by atoms with Gasteiger partial charge in [0, 0.05) is 5.75 Å². The highest BCUT2D eigenvalue weighted by Gasteiger charge is 2.10. The first-order chi connectivity index (χ1) is 9.20. The lowest BCUT2D eigenvalue weighted by molar-refractivity contribution is -0.396. The first-order valence-electron chi connectivity index (χ1n) is 6.09. The standard InChI is InChI=1S/C15H13FN2S/c1-10-2-7-13-14(8-10)18-15(17-13)19-9-11-3-5-12(16)6-4-11/h2-8H,9H2,1H3,(H,17,18)/p+1. The first-order valence-corrected chi connectivity index (χ1v) is 7.08. The van der Waals surface area contributed by atoms with Gasteiger partial charge in [-0.3, -0.25) is 0 Å². The van der Waals surface area contributed by atoms with E-state index < -0.39 is 0 Å². The SMILES string of the molecule is Cc1ccc2[nH+]c(SCc3ccc(F)cc3)[nH]c2c1. The second-order valence-electron chi connectivity index (χ2n) is 4.54. The van der Waals surface area contributed by atoms with Gasteiger partial charge in [-0.05, 0) is 54.1 Å². The predicted molar refractivity (Wildman–Crippen MR) is 75.6 cm³/mol. The number of hydrogen-bond acceptors (Lipinski definition) is 1. The Labute approximate surface area is 115 Å². The van der Waals surface area contributed by atoms with Crippen molar-refractivity contribution in [3.8, 4) is 0 Å². The summed E-state index contributed by atoms with van der Waals surface area (Å²) < 4.78 is 12.8. The summed E-state index contributed by atoms with van der Waals surface area (Å²) in [6, 6.07) is 12.9. The maximum absolute atomic E-state index is 12.8. The maximum atomic E-state index is 12.8. The third kappa shape index (κ3) is 2.79. The van der Waals surface area contributed by atoms with Crippen LogP contribution in [0.15, 0.2) is 47.6 Å². The van der Waals surface area contributed by atoms with Crippen molar-refractivity contribution in [3.63, 3.8) is 0 Å². The number of imidazole rings is 1. The van der Waals surface area contributed by atoms with Crippen molar-refractivity contribution >= 4 is 22.8 Å². The van der Waals surface area contributed by atoms with Crippen LogP contribution in [0.25, 0.3) is 11.0 Å². The van der Waals surface area contributed by atoms with Gasteiger partial charge in [0.1, 0.15) is 5.82 Å². The Balaban J connectivity index is 1.76. The molecule has 2 N–H and O–H groups in total. The molecule has 4 heteroatoms. The molecule has 0 saturated carbocycles. The number of H-pyrrole nitrogens is 2. The summed E-state index contributed by atoms with van der Waals surface area (Å²) in [6.45, 7) is 2.08.